The molecule has 2 rings (SSSR count). The highest BCUT2D eigenvalue weighted by Crippen LogP contribution is 2.26. The van der Waals surface area contributed by atoms with E-state index in [4.69, 9.17) is 23.2 Å². The molecule has 1 heterocycles. The zero-order chi connectivity index (χ0) is 9.97. The lowest BCUT2D eigenvalue weighted by molar-refractivity contribution is 0.945. The number of hydrogen-bond acceptors (Lipinski definition) is 1. The van der Waals surface area contributed by atoms with Crippen LogP contribution < -0.4 is 5.32 Å². The van der Waals surface area contributed by atoms with Gasteiger partial charge in [-0.3, -0.25) is 0 Å². The zero-order valence-electron chi connectivity index (χ0n) is 7.35. The van der Waals surface area contributed by atoms with Crippen LogP contribution in [0.5, 0.6) is 0 Å². The quantitative estimate of drug-likeness (QED) is 0.773. The summed E-state index contributed by atoms with van der Waals surface area (Å²) >= 11 is 11.8. The molecule has 0 spiro atoms. The van der Waals surface area contributed by atoms with Crippen LogP contribution in [0.2, 0.25) is 10.0 Å². The van der Waals surface area contributed by atoms with E-state index in [1.54, 1.807) is 6.07 Å². The summed E-state index contributed by atoms with van der Waals surface area (Å²) < 4.78 is 0. The summed E-state index contributed by atoms with van der Waals surface area (Å²) in [7, 11) is 0. The van der Waals surface area contributed by atoms with Crippen molar-refractivity contribution < 1.29 is 0 Å². The van der Waals surface area contributed by atoms with Crippen LogP contribution in [0.25, 0.3) is 5.57 Å². The Hall–Kier alpha value is -0.920. The molecule has 0 unspecified atom stereocenters. The summed E-state index contributed by atoms with van der Waals surface area (Å²) in [5.74, 6) is 0. The van der Waals surface area contributed by atoms with Gasteiger partial charge in [0.15, 0.2) is 0 Å². The van der Waals surface area contributed by atoms with Gasteiger partial charge in [0.25, 0.3) is 0 Å². The average Bonchev–Trinajstić information content (AvgIpc) is 2.23. The summed E-state index contributed by atoms with van der Waals surface area (Å²) in [6.07, 6.45) is 6.92. The molecule has 1 nitrogen and oxygen atoms in total. The van der Waals surface area contributed by atoms with E-state index in [2.05, 4.69) is 17.6 Å². The molecule has 0 saturated carbocycles. The van der Waals surface area contributed by atoms with Gasteiger partial charge in [-0.1, -0.05) is 35.3 Å². The summed E-state index contributed by atoms with van der Waals surface area (Å²) in [5.41, 5.74) is 2.18. The Morgan fingerprint density at radius 3 is 2.71 bits per heavy atom. The van der Waals surface area contributed by atoms with Crippen LogP contribution in [0.1, 0.15) is 5.56 Å². The molecular weight excluding hydrogens is 217 g/mol. The summed E-state index contributed by atoms with van der Waals surface area (Å²) in [4.78, 5) is 0. The van der Waals surface area contributed by atoms with Crippen LogP contribution in [0, 0.1) is 6.20 Å². The Bertz CT molecular complexity index is 408. The van der Waals surface area contributed by atoms with Crippen molar-refractivity contribution in [1.29, 1.82) is 0 Å². The predicted octanol–water partition coefficient (Wildman–Crippen LogP) is 3.30. The molecule has 1 N–H and O–H groups in total. The van der Waals surface area contributed by atoms with Crippen LogP contribution in [0.15, 0.2) is 30.4 Å². The van der Waals surface area contributed by atoms with E-state index < -0.39 is 0 Å². The minimum atomic E-state index is 0.581. The Morgan fingerprint density at radius 2 is 2.07 bits per heavy atom. The SMILES string of the molecule is Clc1ccc(C2=CCN[C]=C2)cc1Cl. The highest BCUT2D eigenvalue weighted by atomic mass is 35.5. The van der Waals surface area contributed by atoms with Gasteiger partial charge in [0.1, 0.15) is 0 Å². The van der Waals surface area contributed by atoms with E-state index in [9.17, 15) is 0 Å². The third-order valence-corrected chi connectivity index (χ3v) is 2.75. The van der Waals surface area contributed by atoms with Gasteiger partial charge in [0.2, 0.25) is 0 Å². The number of dihydropyridines is 1. The molecule has 0 atom stereocenters. The Balaban J connectivity index is 2.37. The van der Waals surface area contributed by atoms with E-state index >= 15 is 0 Å². The van der Waals surface area contributed by atoms with Crippen molar-refractivity contribution >= 4 is 28.8 Å². The molecular formula is C11H8Cl2N. The Morgan fingerprint density at radius 1 is 1.21 bits per heavy atom. The second-order valence-electron chi connectivity index (χ2n) is 2.96. The second kappa shape index (κ2) is 4.07. The van der Waals surface area contributed by atoms with Crippen LogP contribution in [-0.4, -0.2) is 6.54 Å². The largest absolute Gasteiger partial charge is 0.380 e. The topological polar surface area (TPSA) is 12.0 Å². The number of benzene rings is 1. The molecule has 71 valence electrons. The minimum absolute atomic E-state index is 0.581. The van der Waals surface area contributed by atoms with Crippen molar-refractivity contribution in [2.24, 2.45) is 0 Å². The highest BCUT2D eigenvalue weighted by Gasteiger charge is 2.03. The molecule has 1 aliphatic heterocycles. The molecule has 1 aromatic rings. The lowest BCUT2D eigenvalue weighted by Gasteiger charge is -2.08. The molecule has 0 amide bonds. The van der Waals surface area contributed by atoms with E-state index in [1.807, 2.05) is 18.2 Å². The highest BCUT2D eigenvalue weighted by molar-refractivity contribution is 6.42. The monoisotopic (exact) mass is 224 g/mol. The van der Waals surface area contributed by atoms with Crippen LogP contribution in [0.4, 0.5) is 0 Å². The first-order chi connectivity index (χ1) is 6.77. The fraction of sp³-hybridized carbons (Fsp3) is 0.0909. The first-order valence-electron chi connectivity index (χ1n) is 4.24. The molecule has 1 aliphatic rings. The van der Waals surface area contributed by atoms with Gasteiger partial charge < -0.3 is 5.32 Å². The molecule has 14 heavy (non-hydrogen) atoms. The van der Waals surface area contributed by atoms with Crippen molar-refractivity contribution in [3.8, 4) is 0 Å². The maximum absolute atomic E-state index is 5.92. The smallest absolute Gasteiger partial charge is 0.0598 e. The number of hydrogen-bond donors (Lipinski definition) is 1. The average molecular weight is 225 g/mol. The molecule has 3 heteroatoms. The van der Waals surface area contributed by atoms with Crippen molar-refractivity contribution in [3.63, 3.8) is 0 Å². The van der Waals surface area contributed by atoms with Gasteiger partial charge in [0.05, 0.1) is 16.2 Å². The molecule has 0 aromatic heterocycles. The van der Waals surface area contributed by atoms with Gasteiger partial charge in [0, 0.05) is 6.54 Å². The lowest BCUT2D eigenvalue weighted by atomic mass is 10.0. The van der Waals surface area contributed by atoms with E-state index in [0.717, 1.165) is 17.7 Å². The number of nitrogens with one attached hydrogen (secondary N) is 1. The molecule has 0 fully saturated rings. The standard InChI is InChI=1S/C11H8Cl2N/c12-10-2-1-9(7-11(10)13)8-3-5-14-6-4-8/h1-4,7,14H,5H2. The van der Waals surface area contributed by atoms with Gasteiger partial charge in [-0.05, 0) is 29.3 Å². The summed E-state index contributed by atoms with van der Waals surface area (Å²) in [6, 6.07) is 5.61. The molecule has 0 saturated heterocycles. The Labute approximate surface area is 93.0 Å². The predicted molar refractivity (Wildman–Crippen MR) is 60.3 cm³/mol. The number of rotatable bonds is 1. The third-order valence-electron chi connectivity index (χ3n) is 2.01. The van der Waals surface area contributed by atoms with Gasteiger partial charge >= 0.3 is 0 Å². The maximum atomic E-state index is 5.92. The Kier molecular flexibility index (Phi) is 2.80. The second-order valence-corrected chi connectivity index (χ2v) is 3.77. The molecule has 0 bridgehead atoms. The molecule has 1 radical (unpaired) electrons. The molecule has 0 aliphatic carbocycles. The van der Waals surface area contributed by atoms with Crippen molar-refractivity contribution in [1.82, 2.24) is 5.32 Å². The van der Waals surface area contributed by atoms with Crippen molar-refractivity contribution in [3.05, 3.63) is 52.2 Å². The van der Waals surface area contributed by atoms with Crippen LogP contribution in [0.3, 0.4) is 0 Å². The first kappa shape index (κ1) is 9.63. The number of allylic oxidation sites excluding steroid dienone is 2. The van der Waals surface area contributed by atoms with E-state index in [1.165, 1.54) is 0 Å². The van der Waals surface area contributed by atoms with Crippen LogP contribution >= 0.6 is 23.2 Å². The normalized spacial score (nSPS) is 14.9. The summed E-state index contributed by atoms with van der Waals surface area (Å²) in [6.45, 7) is 0.798. The zero-order valence-corrected chi connectivity index (χ0v) is 8.86. The van der Waals surface area contributed by atoms with Crippen molar-refractivity contribution in [2.75, 3.05) is 6.54 Å². The fourth-order valence-corrected chi connectivity index (χ4v) is 1.58. The molecule has 1 aromatic carbocycles. The minimum Gasteiger partial charge on any atom is -0.380 e. The first-order valence-corrected chi connectivity index (χ1v) is 5.00. The van der Waals surface area contributed by atoms with Gasteiger partial charge in [-0.2, -0.15) is 0 Å². The van der Waals surface area contributed by atoms with Crippen LogP contribution in [-0.2, 0) is 0 Å². The lowest BCUT2D eigenvalue weighted by Crippen LogP contribution is -2.09. The van der Waals surface area contributed by atoms with E-state index in [0.29, 0.717) is 10.0 Å². The van der Waals surface area contributed by atoms with E-state index in [-0.39, 0.29) is 0 Å². The van der Waals surface area contributed by atoms with Crippen molar-refractivity contribution in [2.45, 2.75) is 0 Å². The van der Waals surface area contributed by atoms with Gasteiger partial charge in [-0.15, -0.1) is 0 Å². The maximum Gasteiger partial charge on any atom is 0.0598 e. The van der Waals surface area contributed by atoms with Gasteiger partial charge in [-0.25, -0.2) is 0 Å². The summed E-state index contributed by atoms with van der Waals surface area (Å²) in [5, 5.41) is 4.13. The fourth-order valence-electron chi connectivity index (χ4n) is 1.28. The number of halogens is 2. The third kappa shape index (κ3) is 1.94.